The van der Waals surface area contributed by atoms with Gasteiger partial charge >= 0.3 is 11.9 Å². The molecule has 3 aliphatic carbocycles. The van der Waals surface area contributed by atoms with Crippen molar-refractivity contribution in [3.63, 3.8) is 0 Å². The predicted molar refractivity (Wildman–Crippen MR) is 128 cm³/mol. The Morgan fingerprint density at radius 1 is 1.02 bits per heavy atom. The minimum absolute atomic E-state index is 0.0238. The molecule has 11 nitrogen and oxygen atoms in total. The fourth-order valence-corrected chi connectivity index (χ4v) is 11.5. The molecule has 11 heteroatoms. The van der Waals surface area contributed by atoms with Crippen LogP contribution in [0.3, 0.4) is 0 Å². The molecule has 14 atom stereocenters. The molecule has 9 aliphatic rings. The summed E-state index contributed by atoms with van der Waals surface area (Å²) >= 11 is 0. The Labute approximate surface area is 230 Å². The number of carbonyl (C=O) groups excluding carboxylic acids is 4. The Kier molecular flexibility index (Phi) is 4.02. The van der Waals surface area contributed by atoms with E-state index in [0.717, 1.165) is 0 Å². The number of aliphatic hydroxyl groups is 1. The molecule has 0 aromatic heterocycles. The van der Waals surface area contributed by atoms with Gasteiger partial charge in [-0.15, -0.1) is 0 Å². The van der Waals surface area contributed by atoms with E-state index in [4.69, 9.17) is 28.4 Å². The van der Waals surface area contributed by atoms with Gasteiger partial charge in [-0.1, -0.05) is 6.92 Å². The maximum Gasteiger partial charge on any atom is 0.342 e. The van der Waals surface area contributed by atoms with Gasteiger partial charge < -0.3 is 33.5 Å². The Morgan fingerprint density at radius 3 is 2.55 bits per heavy atom. The van der Waals surface area contributed by atoms with Crippen molar-refractivity contribution in [2.45, 2.75) is 106 Å². The van der Waals surface area contributed by atoms with Gasteiger partial charge in [-0.3, -0.25) is 14.4 Å². The largest absolute Gasteiger partial charge is 0.458 e. The smallest absolute Gasteiger partial charge is 0.342 e. The highest BCUT2D eigenvalue weighted by Gasteiger charge is 2.94. The van der Waals surface area contributed by atoms with Crippen LogP contribution in [-0.2, 0) is 47.6 Å². The number of ether oxygens (including phenoxy) is 6. The first kappa shape index (κ1) is 24.7. The third-order valence-corrected chi connectivity index (χ3v) is 13.6. The maximum absolute atomic E-state index is 15.0. The zero-order valence-corrected chi connectivity index (χ0v) is 23.0. The molecule has 0 aromatic carbocycles. The Morgan fingerprint density at radius 2 is 1.80 bits per heavy atom. The van der Waals surface area contributed by atoms with E-state index in [1.807, 2.05) is 13.8 Å². The fraction of sp³-hybridized carbons (Fsp3) is 0.862. The summed E-state index contributed by atoms with van der Waals surface area (Å²) in [4.78, 5) is 56.2. The minimum atomic E-state index is -2.21. The molecule has 5 bridgehead atoms. The molecular weight excluding hydrogens is 524 g/mol. The topological polar surface area (TPSA) is 147 Å². The van der Waals surface area contributed by atoms with Crippen LogP contribution >= 0.6 is 0 Å². The summed E-state index contributed by atoms with van der Waals surface area (Å²) in [6.45, 7) is 5.28. The van der Waals surface area contributed by atoms with E-state index in [1.165, 1.54) is 0 Å². The van der Waals surface area contributed by atoms with E-state index in [0.29, 0.717) is 12.8 Å². The summed E-state index contributed by atoms with van der Waals surface area (Å²) in [5.41, 5.74) is -8.36. The number of carbonyl (C=O) groups is 4. The lowest BCUT2D eigenvalue weighted by Crippen LogP contribution is -2.79. The van der Waals surface area contributed by atoms with Crippen LogP contribution in [0.25, 0.3) is 0 Å². The molecule has 40 heavy (non-hydrogen) atoms. The molecule has 1 N–H and O–H groups in total. The van der Waals surface area contributed by atoms with Crippen molar-refractivity contribution in [2.24, 2.45) is 34.5 Å². The first-order valence-electron chi connectivity index (χ1n) is 14.6. The van der Waals surface area contributed by atoms with Gasteiger partial charge in [0.2, 0.25) is 5.79 Å². The number of ketones is 2. The molecule has 3 spiro atoms. The second-order valence-electron chi connectivity index (χ2n) is 14.5. The van der Waals surface area contributed by atoms with Crippen LogP contribution in [-0.4, -0.2) is 88.8 Å². The highest BCUT2D eigenvalue weighted by atomic mass is 16.8. The molecule has 9 rings (SSSR count). The first-order chi connectivity index (χ1) is 18.8. The summed E-state index contributed by atoms with van der Waals surface area (Å²) < 4.78 is 37.4. The van der Waals surface area contributed by atoms with E-state index >= 15 is 4.79 Å². The number of esters is 2. The molecule has 6 aliphatic heterocycles. The van der Waals surface area contributed by atoms with Crippen molar-refractivity contribution in [2.75, 3.05) is 13.7 Å². The summed E-state index contributed by atoms with van der Waals surface area (Å²) in [7, 11) is 1.59. The lowest BCUT2D eigenvalue weighted by atomic mass is 9.46. The zero-order chi connectivity index (χ0) is 28.0. The van der Waals surface area contributed by atoms with E-state index in [2.05, 4.69) is 0 Å². The SMILES string of the molecule is CO[C@@H]1CC(=O)[C@]2(C)[C@H]3CC[C@@]4(O)C(=O)O[C@@]5(C)[C@H]6C[C@@]7(C)C8C(=O)[C@@](OC[C@H]7C(=O)O6)(O[C@]845)[C@@H]3C[C@H]3O[C@]32C1. The lowest BCUT2D eigenvalue weighted by Gasteiger charge is -2.63. The van der Waals surface area contributed by atoms with E-state index < -0.39 is 80.7 Å². The fourth-order valence-electron chi connectivity index (χ4n) is 11.5. The normalized spacial score (nSPS) is 63.8. The van der Waals surface area contributed by atoms with Gasteiger partial charge in [-0.2, -0.15) is 0 Å². The molecule has 6 heterocycles. The zero-order valence-electron chi connectivity index (χ0n) is 23.0. The molecule has 0 amide bonds. The van der Waals surface area contributed by atoms with Crippen molar-refractivity contribution in [1.29, 1.82) is 0 Å². The summed E-state index contributed by atoms with van der Waals surface area (Å²) in [6, 6.07) is 0. The summed E-state index contributed by atoms with van der Waals surface area (Å²) in [6.07, 6.45) is 0.203. The molecule has 1 unspecified atom stereocenters. The first-order valence-corrected chi connectivity index (χ1v) is 14.6. The van der Waals surface area contributed by atoms with E-state index in [9.17, 15) is 19.5 Å². The molecule has 3 saturated carbocycles. The van der Waals surface area contributed by atoms with Crippen LogP contribution in [0.15, 0.2) is 0 Å². The molecule has 0 radical (unpaired) electrons. The Balaban J connectivity index is 1.30. The number of hydrogen-bond donors (Lipinski definition) is 1. The van der Waals surface area contributed by atoms with Gasteiger partial charge in [-0.05, 0) is 50.9 Å². The Bertz CT molecular complexity index is 1350. The quantitative estimate of drug-likeness (QED) is 0.357. The number of methoxy groups -OCH3 is 1. The number of rotatable bonds is 1. The van der Waals surface area contributed by atoms with Crippen molar-refractivity contribution >= 4 is 23.5 Å². The average molecular weight is 559 g/mol. The van der Waals surface area contributed by atoms with Crippen molar-refractivity contribution in [3.05, 3.63) is 0 Å². The maximum atomic E-state index is 15.0. The number of fused-ring (bicyclic) bond motifs is 4. The third kappa shape index (κ3) is 2.05. The van der Waals surface area contributed by atoms with Crippen LogP contribution in [0.2, 0.25) is 0 Å². The molecule has 0 aromatic rings. The standard InChI is InChI=1S/C29H34O11/c1-23-10-18-25(3)29-19(23)20(31)28(40-29,36-11-15(23)21(32)37-18)14-8-17-27(38-17)9-12(35-4)7-16(30)24(27,2)13(14)5-6-26(29,34)22(33)39-25/h12-15,17-19,34H,5-11H2,1-4H3/t12-,13+,14-,15+,17-,18-,19?,23-,24+,25+,26-,27-,28+,29+/m1/s1. The number of hydrogen-bond acceptors (Lipinski definition) is 11. The van der Waals surface area contributed by atoms with Gasteiger partial charge in [0, 0.05) is 25.9 Å². The average Bonchev–Trinajstić information content (AvgIpc) is 3.49. The molecule has 6 saturated heterocycles. The van der Waals surface area contributed by atoms with Gasteiger partial charge in [0.1, 0.15) is 17.5 Å². The van der Waals surface area contributed by atoms with Crippen molar-refractivity contribution in [3.8, 4) is 0 Å². The number of epoxide rings is 1. The van der Waals surface area contributed by atoms with Crippen molar-refractivity contribution < 1.29 is 52.7 Å². The van der Waals surface area contributed by atoms with Crippen LogP contribution < -0.4 is 0 Å². The molecule has 216 valence electrons. The second-order valence-corrected chi connectivity index (χ2v) is 14.5. The van der Waals surface area contributed by atoms with Crippen LogP contribution in [0.5, 0.6) is 0 Å². The van der Waals surface area contributed by atoms with Gasteiger partial charge in [0.05, 0.1) is 36.1 Å². The van der Waals surface area contributed by atoms with Gasteiger partial charge in [-0.25, -0.2) is 4.79 Å². The monoisotopic (exact) mass is 558 g/mol. The van der Waals surface area contributed by atoms with Gasteiger partial charge in [0.15, 0.2) is 22.6 Å². The van der Waals surface area contributed by atoms with Crippen LogP contribution in [0, 0.1) is 34.5 Å². The lowest BCUT2D eigenvalue weighted by molar-refractivity contribution is -0.376. The molecular formula is C29H34O11. The van der Waals surface area contributed by atoms with Crippen LogP contribution in [0.4, 0.5) is 0 Å². The van der Waals surface area contributed by atoms with E-state index in [-0.39, 0.29) is 56.1 Å². The van der Waals surface area contributed by atoms with Gasteiger partial charge in [0.25, 0.3) is 0 Å². The summed E-state index contributed by atoms with van der Waals surface area (Å²) in [5, 5.41) is 12.5. The third-order valence-electron chi connectivity index (χ3n) is 13.6. The summed E-state index contributed by atoms with van der Waals surface area (Å²) in [5.74, 6) is -6.57. The van der Waals surface area contributed by atoms with E-state index in [1.54, 1.807) is 14.0 Å². The van der Waals surface area contributed by atoms with Crippen molar-refractivity contribution in [1.82, 2.24) is 0 Å². The second kappa shape index (κ2) is 6.51. The predicted octanol–water partition coefficient (Wildman–Crippen LogP) is 0.617. The Hall–Kier alpha value is -1.92. The highest BCUT2D eigenvalue weighted by Crippen LogP contribution is 2.77. The number of Topliss-reactive ketones (excluding diaryl/α,β-unsaturated/α-hetero) is 2. The minimum Gasteiger partial charge on any atom is -0.458 e. The van der Waals surface area contributed by atoms with Crippen LogP contribution in [0.1, 0.15) is 59.3 Å². The highest BCUT2D eigenvalue weighted by molar-refractivity contribution is 5.99. The molecule has 9 fully saturated rings.